The molecule has 0 saturated heterocycles. The number of rotatable bonds is 6. The molecule has 0 radical (unpaired) electrons. The number of hydrogen-bond acceptors (Lipinski definition) is 2. The fraction of sp³-hybridized carbons (Fsp3) is 0.235. The van der Waals surface area contributed by atoms with Crippen molar-refractivity contribution in [2.75, 3.05) is 6.61 Å². The molecule has 2 aromatic carbocycles. The average Bonchev–Trinajstić information content (AvgIpc) is 2.45. The molecule has 2 nitrogen and oxygen atoms in total. The normalized spacial score (nSPS) is 10.3. The minimum absolute atomic E-state index is 0.594. The first kappa shape index (κ1) is 14.8. The second kappa shape index (κ2) is 7.25. The Morgan fingerprint density at radius 2 is 1.95 bits per heavy atom. The molecule has 0 bridgehead atoms. The van der Waals surface area contributed by atoms with Crippen LogP contribution in [-0.4, -0.2) is 12.9 Å². The number of aryl methyl sites for hydroxylation is 2. The highest BCUT2D eigenvalue weighted by Gasteiger charge is 2.08. The zero-order valence-electron chi connectivity index (χ0n) is 11.4. The van der Waals surface area contributed by atoms with E-state index >= 15 is 0 Å². The van der Waals surface area contributed by atoms with E-state index in [0.717, 1.165) is 29.2 Å². The van der Waals surface area contributed by atoms with E-state index in [1.165, 1.54) is 5.56 Å². The first-order valence-corrected chi connectivity index (χ1v) is 7.42. The second-order valence-corrected chi connectivity index (χ2v) is 5.61. The number of halogens is 1. The van der Waals surface area contributed by atoms with Crippen LogP contribution in [0, 0.1) is 6.92 Å². The molecule has 0 atom stereocenters. The molecule has 0 fully saturated rings. The molecule has 0 aromatic heterocycles. The Kier molecular flexibility index (Phi) is 5.36. The molecule has 2 rings (SSSR count). The third-order valence-corrected chi connectivity index (χ3v) is 3.55. The smallest absolute Gasteiger partial charge is 0.153 e. The molecule has 3 heteroatoms. The van der Waals surface area contributed by atoms with Crippen LogP contribution in [0.1, 0.15) is 27.9 Å². The number of hydrogen-bond donors (Lipinski definition) is 0. The van der Waals surface area contributed by atoms with Crippen LogP contribution < -0.4 is 4.74 Å². The fourth-order valence-corrected chi connectivity index (χ4v) is 2.73. The molecular weight excluding hydrogens is 316 g/mol. The highest BCUT2D eigenvalue weighted by Crippen LogP contribution is 2.27. The maximum Gasteiger partial charge on any atom is 0.153 e. The van der Waals surface area contributed by atoms with Crippen LogP contribution in [0.4, 0.5) is 0 Å². The van der Waals surface area contributed by atoms with E-state index in [9.17, 15) is 4.79 Å². The summed E-state index contributed by atoms with van der Waals surface area (Å²) in [5.74, 6) is 0.691. The predicted molar refractivity (Wildman–Crippen MR) is 84.5 cm³/mol. The summed E-state index contributed by atoms with van der Waals surface area (Å²) < 4.78 is 6.68. The molecule has 0 aliphatic carbocycles. The lowest BCUT2D eigenvalue weighted by Gasteiger charge is -2.12. The Labute approximate surface area is 127 Å². The summed E-state index contributed by atoms with van der Waals surface area (Å²) in [6, 6.07) is 14.1. The Balaban J connectivity index is 1.93. The van der Waals surface area contributed by atoms with E-state index in [4.69, 9.17) is 4.74 Å². The van der Waals surface area contributed by atoms with Crippen molar-refractivity contribution in [2.45, 2.75) is 19.8 Å². The topological polar surface area (TPSA) is 26.3 Å². The molecule has 0 unspecified atom stereocenters. The van der Waals surface area contributed by atoms with Gasteiger partial charge < -0.3 is 4.74 Å². The van der Waals surface area contributed by atoms with Crippen molar-refractivity contribution in [1.29, 1.82) is 0 Å². The van der Waals surface area contributed by atoms with Gasteiger partial charge in [-0.1, -0.05) is 46.3 Å². The van der Waals surface area contributed by atoms with Crippen molar-refractivity contribution in [3.05, 3.63) is 63.6 Å². The summed E-state index contributed by atoms with van der Waals surface area (Å²) in [5, 5.41) is 0. The number of ether oxygens (including phenoxy) is 1. The second-order valence-electron chi connectivity index (χ2n) is 4.70. The lowest BCUT2D eigenvalue weighted by molar-refractivity contribution is 0.111. The fourth-order valence-electron chi connectivity index (χ4n) is 2.14. The predicted octanol–water partition coefficient (Wildman–Crippen LogP) is 4.58. The van der Waals surface area contributed by atoms with E-state index in [-0.39, 0.29) is 0 Å². The van der Waals surface area contributed by atoms with Crippen molar-refractivity contribution in [3.8, 4) is 5.75 Å². The van der Waals surface area contributed by atoms with Gasteiger partial charge in [-0.05, 0) is 43.0 Å². The summed E-state index contributed by atoms with van der Waals surface area (Å²) in [4.78, 5) is 11.1. The van der Waals surface area contributed by atoms with Gasteiger partial charge >= 0.3 is 0 Å². The third kappa shape index (κ3) is 3.94. The van der Waals surface area contributed by atoms with Gasteiger partial charge in [-0.25, -0.2) is 0 Å². The largest absolute Gasteiger partial charge is 0.493 e. The van der Waals surface area contributed by atoms with E-state index in [1.54, 1.807) is 6.07 Å². The molecule has 0 amide bonds. The van der Waals surface area contributed by atoms with Crippen LogP contribution in [0.15, 0.2) is 46.9 Å². The number of carbonyl (C=O) groups is 1. The lowest BCUT2D eigenvalue weighted by Crippen LogP contribution is -2.03. The first-order valence-electron chi connectivity index (χ1n) is 6.63. The van der Waals surface area contributed by atoms with E-state index in [0.29, 0.717) is 17.9 Å². The Hall–Kier alpha value is -1.61. The minimum Gasteiger partial charge on any atom is -0.493 e. The van der Waals surface area contributed by atoms with Crippen molar-refractivity contribution in [2.24, 2.45) is 0 Å². The zero-order chi connectivity index (χ0) is 14.4. The van der Waals surface area contributed by atoms with Crippen molar-refractivity contribution in [1.82, 2.24) is 0 Å². The highest BCUT2D eigenvalue weighted by molar-refractivity contribution is 9.10. The lowest BCUT2D eigenvalue weighted by atomic mass is 10.1. The average molecular weight is 333 g/mol. The summed E-state index contributed by atoms with van der Waals surface area (Å²) >= 11 is 3.39. The van der Waals surface area contributed by atoms with Crippen molar-refractivity contribution < 1.29 is 9.53 Å². The molecule has 0 spiro atoms. The van der Waals surface area contributed by atoms with Crippen LogP contribution in [0.3, 0.4) is 0 Å². The molecule has 0 aliphatic heterocycles. The number of aldehydes is 1. The monoisotopic (exact) mass is 332 g/mol. The zero-order valence-corrected chi connectivity index (χ0v) is 13.0. The standard InChI is InChI=1S/C17H17BrO2/c1-13-10-16(18)11-15(12-19)17(13)20-9-5-8-14-6-3-2-4-7-14/h2-4,6-7,10-12H,5,8-9H2,1H3. The third-order valence-electron chi connectivity index (χ3n) is 3.09. The van der Waals surface area contributed by atoms with E-state index < -0.39 is 0 Å². The SMILES string of the molecule is Cc1cc(Br)cc(C=O)c1OCCCc1ccccc1. The molecular formula is C17H17BrO2. The molecule has 20 heavy (non-hydrogen) atoms. The maximum absolute atomic E-state index is 11.1. The Bertz CT molecular complexity index is 579. The molecule has 0 N–H and O–H groups in total. The number of benzene rings is 2. The van der Waals surface area contributed by atoms with Gasteiger partial charge in [-0.3, -0.25) is 4.79 Å². The van der Waals surface area contributed by atoms with Gasteiger partial charge in [0, 0.05) is 4.47 Å². The summed E-state index contributed by atoms with van der Waals surface area (Å²) in [5.41, 5.74) is 2.87. The molecule has 104 valence electrons. The number of carbonyl (C=O) groups excluding carboxylic acids is 1. The van der Waals surface area contributed by atoms with Crippen molar-refractivity contribution in [3.63, 3.8) is 0 Å². The quantitative estimate of drug-likeness (QED) is 0.571. The molecule has 2 aromatic rings. The highest BCUT2D eigenvalue weighted by atomic mass is 79.9. The van der Waals surface area contributed by atoms with Gasteiger partial charge in [-0.2, -0.15) is 0 Å². The van der Waals surface area contributed by atoms with Gasteiger partial charge in [0.05, 0.1) is 12.2 Å². The molecule has 0 heterocycles. The summed E-state index contributed by atoms with van der Waals surface area (Å²) in [6.45, 7) is 2.56. The summed E-state index contributed by atoms with van der Waals surface area (Å²) in [7, 11) is 0. The van der Waals surface area contributed by atoms with E-state index in [1.807, 2.05) is 31.2 Å². The van der Waals surface area contributed by atoms with Crippen molar-refractivity contribution >= 4 is 22.2 Å². The van der Waals surface area contributed by atoms with Crippen LogP contribution in [-0.2, 0) is 6.42 Å². The van der Waals surface area contributed by atoms with E-state index in [2.05, 4.69) is 28.1 Å². The van der Waals surface area contributed by atoms with Gasteiger partial charge in [-0.15, -0.1) is 0 Å². The first-order chi connectivity index (χ1) is 9.70. The van der Waals surface area contributed by atoms with Gasteiger partial charge in [0.15, 0.2) is 6.29 Å². The van der Waals surface area contributed by atoms with Gasteiger partial charge in [0.25, 0.3) is 0 Å². The summed E-state index contributed by atoms with van der Waals surface area (Å²) in [6.07, 6.45) is 2.74. The van der Waals surface area contributed by atoms with Gasteiger partial charge in [0.1, 0.15) is 5.75 Å². The van der Waals surface area contributed by atoms with Crippen LogP contribution in [0.5, 0.6) is 5.75 Å². The van der Waals surface area contributed by atoms with Crippen LogP contribution >= 0.6 is 15.9 Å². The molecule has 0 saturated carbocycles. The Morgan fingerprint density at radius 1 is 1.20 bits per heavy atom. The van der Waals surface area contributed by atoms with Gasteiger partial charge in [0.2, 0.25) is 0 Å². The Morgan fingerprint density at radius 3 is 2.65 bits per heavy atom. The van der Waals surface area contributed by atoms with Crippen LogP contribution in [0.2, 0.25) is 0 Å². The maximum atomic E-state index is 11.1. The molecule has 0 aliphatic rings. The van der Waals surface area contributed by atoms with Crippen LogP contribution in [0.25, 0.3) is 0 Å². The minimum atomic E-state index is 0.594.